The molecule has 2 aromatic rings. The average molecular weight is 421 g/mol. The summed E-state index contributed by atoms with van der Waals surface area (Å²) in [6.07, 6.45) is -4.69. The van der Waals surface area contributed by atoms with Crippen molar-refractivity contribution in [1.82, 2.24) is 4.90 Å². The second-order valence-electron chi connectivity index (χ2n) is 7.08. The lowest BCUT2D eigenvalue weighted by Crippen LogP contribution is -2.56. The number of halogens is 4. The Morgan fingerprint density at radius 3 is 2.57 bits per heavy atom. The summed E-state index contributed by atoms with van der Waals surface area (Å²) in [7, 11) is 0. The van der Waals surface area contributed by atoms with Crippen molar-refractivity contribution in [3.8, 4) is 6.07 Å². The quantitative estimate of drug-likeness (QED) is 0.772. The van der Waals surface area contributed by atoms with Crippen LogP contribution in [0, 0.1) is 24.1 Å². The fourth-order valence-corrected chi connectivity index (χ4v) is 3.49. The highest BCUT2D eigenvalue weighted by Crippen LogP contribution is 2.35. The van der Waals surface area contributed by atoms with Crippen molar-refractivity contribution in [1.29, 1.82) is 5.26 Å². The molecular weight excluding hydrogens is 402 g/mol. The van der Waals surface area contributed by atoms with Crippen molar-refractivity contribution in [2.45, 2.75) is 19.1 Å². The van der Waals surface area contributed by atoms with Crippen LogP contribution in [0.3, 0.4) is 0 Å². The molecule has 1 aliphatic rings. The molecule has 1 amide bonds. The number of alkyl halides is 3. The van der Waals surface area contributed by atoms with E-state index in [1.165, 1.54) is 29.2 Å². The summed E-state index contributed by atoms with van der Waals surface area (Å²) in [6.45, 7) is 1.61. The van der Waals surface area contributed by atoms with Gasteiger partial charge in [0, 0.05) is 30.9 Å². The zero-order valence-electron chi connectivity index (χ0n) is 16.1. The van der Waals surface area contributed by atoms with E-state index in [9.17, 15) is 27.5 Å². The van der Waals surface area contributed by atoms with Crippen LogP contribution in [-0.2, 0) is 6.18 Å². The van der Waals surface area contributed by atoms with Gasteiger partial charge in [0.2, 0.25) is 0 Å². The van der Waals surface area contributed by atoms with Crippen LogP contribution in [0.15, 0.2) is 36.4 Å². The average Bonchev–Trinajstić information content (AvgIpc) is 2.73. The monoisotopic (exact) mass is 421 g/mol. The highest BCUT2D eigenvalue weighted by Gasteiger charge is 2.36. The van der Waals surface area contributed by atoms with E-state index in [0.29, 0.717) is 5.56 Å². The van der Waals surface area contributed by atoms with Gasteiger partial charge in [0.05, 0.1) is 29.8 Å². The number of amides is 1. The predicted molar refractivity (Wildman–Crippen MR) is 101 cm³/mol. The van der Waals surface area contributed by atoms with Crippen molar-refractivity contribution >= 4 is 11.6 Å². The van der Waals surface area contributed by atoms with Crippen molar-refractivity contribution in [2.75, 3.05) is 31.1 Å². The Morgan fingerprint density at radius 1 is 1.23 bits per heavy atom. The van der Waals surface area contributed by atoms with E-state index in [4.69, 9.17) is 5.26 Å². The van der Waals surface area contributed by atoms with Crippen LogP contribution < -0.4 is 4.90 Å². The summed E-state index contributed by atoms with van der Waals surface area (Å²) in [5, 5.41) is 18.7. The van der Waals surface area contributed by atoms with Gasteiger partial charge in [-0.3, -0.25) is 4.79 Å². The van der Waals surface area contributed by atoms with Gasteiger partial charge in [-0.25, -0.2) is 4.39 Å². The van der Waals surface area contributed by atoms with Gasteiger partial charge in [-0.15, -0.1) is 0 Å². The Hall–Kier alpha value is -3.12. The minimum Gasteiger partial charge on any atom is -0.394 e. The van der Waals surface area contributed by atoms with Crippen LogP contribution in [0.25, 0.3) is 0 Å². The van der Waals surface area contributed by atoms with Gasteiger partial charge >= 0.3 is 6.18 Å². The summed E-state index contributed by atoms with van der Waals surface area (Å²) in [4.78, 5) is 15.7. The summed E-state index contributed by atoms with van der Waals surface area (Å²) in [6, 6.07) is 8.42. The second-order valence-corrected chi connectivity index (χ2v) is 7.08. The smallest absolute Gasteiger partial charge is 0.394 e. The molecule has 1 fully saturated rings. The van der Waals surface area contributed by atoms with Crippen molar-refractivity contribution < 1.29 is 27.5 Å². The Balaban J connectivity index is 1.83. The minimum absolute atomic E-state index is 0.0617. The van der Waals surface area contributed by atoms with E-state index in [1.54, 1.807) is 11.8 Å². The Bertz CT molecular complexity index is 1000. The van der Waals surface area contributed by atoms with Gasteiger partial charge in [0.25, 0.3) is 5.91 Å². The number of anilines is 1. The highest BCUT2D eigenvalue weighted by atomic mass is 19.4. The molecule has 1 atom stereocenters. The first-order valence-electron chi connectivity index (χ1n) is 9.20. The Kier molecular flexibility index (Phi) is 5.99. The molecule has 0 aromatic heterocycles. The number of piperazine rings is 1. The Morgan fingerprint density at radius 2 is 1.97 bits per heavy atom. The molecule has 0 saturated carbocycles. The van der Waals surface area contributed by atoms with Crippen LogP contribution >= 0.6 is 0 Å². The molecule has 1 heterocycles. The summed E-state index contributed by atoms with van der Waals surface area (Å²) >= 11 is 0. The first kappa shape index (κ1) is 21.6. The van der Waals surface area contributed by atoms with Crippen LogP contribution in [0.1, 0.15) is 27.0 Å². The maximum absolute atomic E-state index is 13.8. The van der Waals surface area contributed by atoms with E-state index in [0.717, 1.165) is 18.2 Å². The molecule has 2 aromatic carbocycles. The zero-order chi connectivity index (χ0) is 22.1. The maximum atomic E-state index is 13.8. The minimum atomic E-state index is -4.69. The fourth-order valence-electron chi connectivity index (χ4n) is 3.49. The van der Waals surface area contributed by atoms with Gasteiger partial charge in [0.15, 0.2) is 0 Å². The largest absolute Gasteiger partial charge is 0.417 e. The summed E-state index contributed by atoms with van der Waals surface area (Å²) < 4.78 is 53.6. The van der Waals surface area contributed by atoms with E-state index < -0.39 is 41.7 Å². The second kappa shape index (κ2) is 8.32. The van der Waals surface area contributed by atoms with E-state index in [2.05, 4.69) is 0 Å². The molecule has 1 unspecified atom stereocenters. The topological polar surface area (TPSA) is 67.6 Å². The van der Waals surface area contributed by atoms with Crippen molar-refractivity contribution in [3.63, 3.8) is 0 Å². The Labute approximate surface area is 170 Å². The number of nitriles is 1. The van der Waals surface area contributed by atoms with Crippen LogP contribution in [0.4, 0.5) is 23.2 Å². The molecule has 158 valence electrons. The van der Waals surface area contributed by atoms with Gasteiger partial charge in [-0.1, -0.05) is 6.07 Å². The third-order valence-corrected chi connectivity index (χ3v) is 5.16. The molecule has 3 rings (SSSR count). The summed E-state index contributed by atoms with van der Waals surface area (Å²) in [5.74, 6) is -0.918. The lowest BCUT2D eigenvalue weighted by Gasteiger charge is -2.42. The number of aryl methyl sites for hydroxylation is 1. The number of carbonyl (C=O) groups is 1. The maximum Gasteiger partial charge on any atom is 0.417 e. The fraction of sp³-hybridized carbons (Fsp3) is 0.333. The highest BCUT2D eigenvalue weighted by molar-refractivity contribution is 5.94. The van der Waals surface area contributed by atoms with Crippen LogP contribution in [0.5, 0.6) is 0 Å². The first-order valence-corrected chi connectivity index (χ1v) is 9.20. The lowest BCUT2D eigenvalue weighted by molar-refractivity contribution is -0.137. The SMILES string of the molecule is Cc1ccc(C(=O)N2CCN(c3ccc(C#N)c(C(F)(F)F)c3)C(CO)C2)cc1F. The first-order chi connectivity index (χ1) is 14.2. The molecular formula is C21H19F4N3O2. The number of rotatable bonds is 3. The molecule has 5 nitrogen and oxygen atoms in total. The standard InChI is InChI=1S/C21H19F4N3O2/c1-13-2-3-14(8-19(13)22)20(30)27-6-7-28(17(11-27)12-29)16-5-4-15(10-26)18(9-16)21(23,24)25/h2-5,8-9,17,29H,6-7,11-12H2,1H3. The van der Waals surface area contributed by atoms with Gasteiger partial charge in [-0.05, 0) is 42.8 Å². The van der Waals surface area contributed by atoms with Crippen LogP contribution in [0.2, 0.25) is 0 Å². The van der Waals surface area contributed by atoms with Crippen LogP contribution in [-0.4, -0.2) is 48.2 Å². The normalized spacial score (nSPS) is 17.0. The summed E-state index contributed by atoms with van der Waals surface area (Å²) in [5.41, 5.74) is -0.754. The number of aliphatic hydroxyl groups is 1. The number of hydrogen-bond donors (Lipinski definition) is 1. The molecule has 30 heavy (non-hydrogen) atoms. The van der Waals surface area contributed by atoms with Crippen molar-refractivity contribution in [2.24, 2.45) is 0 Å². The van der Waals surface area contributed by atoms with Gasteiger partial charge in [-0.2, -0.15) is 18.4 Å². The van der Waals surface area contributed by atoms with Crippen molar-refractivity contribution in [3.05, 3.63) is 64.5 Å². The zero-order valence-corrected chi connectivity index (χ0v) is 16.1. The molecule has 9 heteroatoms. The number of hydrogen-bond acceptors (Lipinski definition) is 4. The third kappa shape index (κ3) is 4.24. The van der Waals surface area contributed by atoms with E-state index >= 15 is 0 Å². The number of carbonyl (C=O) groups excluding carboxylic acids is 1. The van der Waals surface area contributed by atoms with E-state index in [-0.39, 0.29) is 30.9 Å². The lowest BCUT2D eigenvalue weighted by atomic mass is 10.0. The molecule has 0 aliphatic carbocycles. The number of nitrogens with zero attached hydrogens (tertiary/aromatic N) is 3. The molecule has 1 saturated heterocycles. The van der Waals surface area contributed by atoms with Gasteiger partial charge in [0.1, 0.15) is 5.82 Å². The molecule has 0 bridgehead atoms. The van der Waals surface area contributed by atoms with Gasteiger partial charge < -0.3 is 14.9 Å². The molecule has 0 radical (unpaired) electrons. The molecule has 0 spiro atoms. The molecule has 1 N–H and O–H groups in total. The predicted octanol–water partition coefficient (Wildman–Crippen LogP) is 3.35. The molecule has 1 aliphatic heterocycles. The van der Waals surface area contributed by atoms with E-state index in [1.807, 2.05) is 0 Å². The number of benzene rings is 2. The third-order valence-electron chi connectivity index (χ3n) is 5.16. The number of aliphatic hydroxyl groups excluding tert-OH is 1.